The molecule has 0 N–H and O–H groups in total. The molecule has 3 nitrogen and oxygen atoms in total. The Morgan fingerprint density at radius 1 is 1.41 bits per heavy atom. The van der Waals surface area contributed by atoms with Crippen LogP contribution >= 0.6 is 0 Å². The molecule has 1 heterocycles. The van der Waals surface area contributed by atoms with Gasteiger partial charge in [-0.05, 0) is 19.1 Å². The van der Waals surface area contributed by atoms with Gasteiger partial charge in [-0.3, -0.25) is 4.79 Å². The Morgan fingerprint density at radius 2 is 2.18 bits per heavy atom. The summed E-state index contributed by atoms with van der Waals surface area (Å²) in [5, 5.41) is 0. The average Bonchev–Trinajstić information content (AvgIpc) is 2.38. The summed E-state index contributed by atoms with van der Waals surface area (Å²) in [7, 11) is 0. The molecule has 0 radical (unpaired) electrons. The Kier molecular flexibility index (Phi) is 3.67. The molecule has 1 atom stereocenters. The van der Waals surface area contributed by atoms with Crippen LogP contribution in [0.4, 0.5) is 5.69 Å². The number of likely N-dealkylation sites (N-methyl/N-ethyl adjacent to an activating group) is 1. The monoisotopic (exact) mass is 233 g/mol. The van der Waals surface area contributed by atoms with Gasteiger partial charge in [0.2, 0.25) is 0 Å². The summed E-state index contributed by atoms with van der Waals surface area (Å²) < 4.78 is 5.72. The van der Waals surface area contributed by atoms with Gasteiger partial charge >= 0.3 is 0 Å². The summed E-state index contributed by atoms with van der Waals surface area (Å²) in [5.41, 5.74) is 1.11. The highest BCUT2D eigenvalue weighted by Gasteiger charge is 2.27. The van der Waals surface area contributed by atoms with Gasteiger partial charge in [0.15, 0.2) is 0 Å². The van der Waals surface area contributed by atoms with E-state index in [9.17, 15) is 4.79 Å². The van der Waals surface area contributed by atoms with Gasteiger partial charge in [-0.2, -0.15) is 0 Å². The molecule has 0 fully saturated rings. The van der Waals surface area contributed by atoms with Crippen molar-refractivity contribution in [2.75, 3.05) is 18.1 Å². The van der Waals surface area contributed by atoms with Gasteiger partial charge in [0.05, 0.1) is 11.7 Å². The fraction of sp³-hybridized carbons (Fsp3) is 0.500. The van der Waals surface area contributed by atoms with Crippen molar-refractivity contribution >= 4 is 11.5 Å². The van der Waals surface area contributed by atoms with Crippen LogP contribution in [0.5, 0.6) is 5.75 Å². The molecule has 1 aliphatic rings. The van der Waals surface area contributed by atoms with Gasteiger partial charge in [0, 0.05) is 19.4 Å². The molecule has 0 saturated heterocycles. The molecule has 1 aromatic rings. The molecule has 0 amide bonds. The third-order valence-electron chi connectivity index (χ3n) is 3.25. The SMILES string of the molecule is CCC(=O)CC1COc2ccccc2N1CC. The van der Waals surface area contributed by atoms with Gasteiger partial charge in [-0.1, -0.05) is 19.1 Å². The number of rotatable bonds is 4. The molecule has 1 aromatic carbocycles. The third kappa shape index (κ3) is 2.43. The number of nitrogens with zero attached hydrogens (tertiary/aromatic N) is 1. The third-order valence-corrected chi connectivity index (χ3v) is 3.25. The lowest BCUT2D eigenvalue weighted by Crippen LogP contribution is -2.44. The predicted octanol–water partition coefficient (Wildman–Crippen LogP) is 2.64. The maximum Gasteiger partial charge on any atom is 0.142 e. The van der Waals surface area contributed by atoms with E-state index in [-0.39, 0.29) is 6.04 Å². The maximum absolute atomic E-state index is 11.6. The van der Waals surface area contributed by atoms with Gasteiger partial charge in [-0.15, -0.1) is 0 Å². The summed E-state index contributed by atoms with van der Waals surface area (Å²) in [6.07, 6.45) is 1.19. The zero-order valence-electron chi connectivity index (χ0n) is 10.5. The first kappa shape index (κ1) is 12.0. The molecule has 17 heavy (non-hydrogen) atoms. The second-order valence-electron chi connectivity index (χ2n) is 4.31. The second kappa shape index (κ2) is 5.21. The molecule has 0 saturated carbocycles. The van der Waals surface area contributed by atoms with E-state index in [4.69, 9.17) is 4.74 Å². The van der Waals surface area contributed by atoms with Crippen molar-refractivity contribution in [2.24, 2.45) is 0 Å². The van der Waals surface area contributed by atoms with Crippen molar-refractivity contribution in [1.82, 2.24) is 0 Å². The van der Waals surface area contributed by atoms with Crippen LogP contribution in [-0.4, -0.2) is 25.0 Å². The van der Waals surface area contributed by atoms with Crippen molar-refractivity contribution in [3.05, 3.63) is 24.3 Å². The number of Topliss-reactive ketones (excluding diaryl/α,β-unsaturated/α-hetero) is 1. The van der Waals surface area contributed by atoms with Crippen molar-refractivity contribution in [3.63, 3.8) is 0 Å². The van der Waals surface area contributed by atoms with Crippen LogP contribution < -0.4 is 9.64 Å². The molecule has 0 aliphatic carbocycles. The Morgan fingerprint density at radius 3 is 2.88 bits per heavy atom. The first-order chi connectivity index (χ1) is 8.26. The van der Waals surface area contributed by atoms with Crippen LogP contribution in [-0.2, 0) is 4.79 Å². The summed E-state index contributed by atoms with van der Waals surface area (Å²) in [4.78, 5) is 13.8. The molecule has 1 aliphatic heterocycles. The molecule has 2 rings (SSSR count). The highest BCUT2D eigenvalue weighted by molar-refractivity contribution is 5.79. The number of carbonyl (C=O) groups is 1. The fourth-order valence-electron chi connectivity index (χ4n) is 2.29. The summed E-state index contributed by atoms with van der Waals surface area (Å²) in [6.45, 7) is 5.54. The molecule has 92 valence electrons. The van der Waals surface area contributed by atoms with Gasteiger partial charge in [-0.25, -0.2) is 0 Å². The first-order valence-corrected chi connectivity index (χ1v) is 6.26. The zero-order valence-corrected chi connectivity index (χ0v) is 10.5. The van der Waals surface area contributed by atoms with E-state index in [1.807, 2.05) is 25.1 Å². The van der Waals surface area contributed by atoms with Crippen molar-refractivity contribution in [3.8, 4) is 5.75 Å². The standard InChI is InChI=1S/C14H19NO2/c1-3-12(16)9-11-10-17-14-8-6-5-7-13(14)15(11)4-2/h5-8,11H,3-4,9-10H2,1-2H3. The number of ketones is 1. The number of anilines is 1. The van der Waals surface area contributed by atoms with Crippen LogP contribution in [0.1, 0.15) is 26.7 Å². The molecule has 1 unspecified atom stereocenters. The lowest BCUT2D eigenvalue weighted by atomic mass is 10.0. The number of hydrogen-bond donors (Lipinski definition) is 0. The molecule has 0 bridgehead atoms. The molecule has 3 heteroatoms. The van der Waals surface area contributed by atoms with Crippen molar-refractivity contribution < 1.29 is 9.53 Å². The van der Waals surface area contributed by atoms with E-state index in [1.54, 1.807) is 0 Å². The number of hydrogen-bond acceptors (Lipinski definition) is 3. The maximum atomic E-state index is 11.6. The lowest BCUT2D eigenvalue weighted by molar-refractivity contribution is -0.119. The number of benzene rings is 1. The number of fused-ring (bicyclic) bond motifs is 1. The highest BCUT2D eigenvalue weighted by atomic mass is 16.5. The molecular weight excluding hydrogens is 214 g/mol. The van der Waals surface area contributed by atoms with E-state index in [0.29, 0.717) is 25.2 Å². The quantitative estimate of drug-likeness (QED) is 0.800. The molecular formula is C14H19NO2. The van der Waals surface area contributed by atoms with Gasteiger partial charge in [0.1, 0.15) is 18.1 Å². The number of ether oxygens (including phenoxy) is 1. The summed E-state index contributed by atoms with van der Waals surface area (Å²) in [5.74, 6) is 1.23. The summed E-state index contributed by atoms with van der Waals surface area (Å²) >= 11 is 0. The zero-order chi connectivity index (χ0) is 12.3. The lowest BCUT2D eigenvalue weighted by Gasteiger charge is -2.37. The van der Waals surface area contributed by atoms with Crippen molar-refractivity contribution in [2.45, 2.75) is 32.7 Å². The van der Waals surface area contributed by atoms with E-state index >= 15 is 0 Å². The first-order valence-electron chi connectivity index (χ1n) is 6.26. The minimum Gasteiger partial charge on any atom is -0.489 e. The number of carbonyl (C=O) groups excluding carboxylic acids is 1. The van der Waals surface area contributed by atoms with E-state index in [0.717, 1.165) is 18.0 Å². The molecule has 0 spiro atoms. The fourth-order valence-corrected chi connectivity index (χ4v) is 2.29. The van der Waals surface area contributed by atoms with Crippen LogP contribution in [0.15, 0.2) is 24.3 Å². The van der Waals surface area contributed by atoms with E-state index < -0.39 is 0 Å². The van der Waals surface area contributed by atoms with Crippen LogP contribution in [0.2, 0.25) is 0 Å². The smallest absolute Gasteiger partial charge is 0.142 e. The van der Waals surface area contributed by atoms with Crippen LogP contribution in [0, 0.1) is 0 Å². The van der Waals surface area contributed by atoms with Gasteiger partial charge in [0.25, 0.3) is 0 Å². The largest absolute Gasteiger partial charge is 0.489 e. The Balaban J connectivity index is 2.20. The van der Waals surface area contributed by atoms with Gasteiger partial charge < -0.3 is 9.64 Å². The number of para-hydroxylation sites is 2. The predicted molar refractivity (Wildman–Crippen MR) is 68.7 cm³/mol. The normalized spacial score (nSPS) is 18.5. The Bertz CT molecular complexity index is 403. The second-order valence-corrected chi connectivity index (χ2v) is 4.31. The highest BCUT2D eigenvalue weighted by Crippen LogP contribution is 2.34. The van der Waals surface area contributed by atoms with E-state index in [2.05, 4.69) is 17.9 Å². The Hall–Kier alpha value is -1.51. The minimum atomic E-state index is 0.183. The van der Waals surface area contributed by atoms with Crippen LogP contribution in [0.25, 0.3) is 0 Å². The molecule has 0 aromatic heterocycles. The topological polar surface area (TPSA) is 29.5 Å². The minimum absolute atomic E-state index is 0.183. The average molecular weight is 233 g/mol. The Labute approximate surface area is 102 Å². The van der Waals surface area contributed by atoms with Crippen LogP contribution in [0.3, 0.4) is 0 Å². The van der Waals surface area contributed by atoms with E-state index in [1.165, 1.54) is 0 Å². The van der Waals surface area contributed by atoms with Crippen molar-refractivity contribution in [1.29, 1.82) is 0 Å². The summed E-state index contributed by atoms with van der Waals surface area (Å²) in [6, 6.07) is 8.21.